The monoisotopic (exact) mass is 495 g/mol. The summed E-state index contributed by atoms with van der Waals surface area (Å²) in [5.74, 6) is -2.41. The number of alkyl halides is 2. The molecule has 1 saturated carbocycles. The smallest absolute Gasteiger partial charge is 0.297 e. The van der Waals surface area contributed by atoms with Crippen LogP contribution in [0.3, 0.4) is 0 Å². The van der Waals surface area contributed by atoms with Gasteiger partial charge in [0.25, 0.3) is 12.4 Å². The minimum atomic E-state index is -2.78. The Morgan fingerprint density at radius 1 is 1.18 bits per heavy atom. The number of ether oxygens (including phenoxy) is 2. The Morgan fingerprint density at radius 3 is 2.38 bits per heavy atom. The zero-order valence-electron chi connectivity index (χ0n) is 19.6. The first-order valence-corrected chi connectivity index (χ1v) is 11.0. The third kappa shape index (κ3) is 7.18. The van der Waals surface area contributed by atoms with E-state index in [0.717, 1.165) is 32.1 Å². The number of benzene rings is 1. The van der Waals surface area contributed by atoms with E-state index in [4.69, 9.17) is 9.47 Å². The van der Waals surface area contributed by atoms with Gasteiger partial charge in [-0.05, 0) is 44.1 Å². The first-order valence-electron chi connectivity index (χ1n) is 11.0. The maximum atomic E-state index is 14.8. The third-order valence-electron chi connectivity index (χ3n) is 5.28. The SMILES string of the molecule is CC(=O)NC(C)COF.Cc1c(OCC(F)F)c(F)c2c(nc(OC3CCCCC3)n2C)c1F. The summed E-state index contributed by atoms with van der Waals surface area (Å²) in [6, 6.07) is -0.141. The number of nitrogens with zero attached hydrogens (tertiary/aromatic N) is 2. The maximum Gasteiger partial charge on any atom is 0.297 e. The Labute approximate surface area is 194 Å². The predicted molar refractivity (Wildman–Crippen MR) is 115 cm³/mol. The van der Waals surface area contributed by atoms with Crippen LogP contribution >= 0.6 is 0 Å². The summed E-state index contributed by atoms with van der Waals surface area (Å²) in [6.45, 7) is 3.19. The van der Waals surface area contributed by atoms with Crippen molar-refractivity contribution in [3.8, 4) is 11.8 Å². The zero-order chi connectivity index (χ0) is 25.4. The molecule has 0 radical (unpaired) electrons. The van der Waals surface area contributed by atoms with E-state index in [0.29, 0.717) is 0 Å². The topological polar surface area (TPSA) is 74.6 Å². The fourth-order valence-electron chi connectivity index (χ4n) is 3.67. The Morgan fingerprint density at radius 2 is 1.82 bits per heavy atom. The lowest BCUT2D eigenvalue weighted by Gasteiger charge is -2.22. The molecule has 2 aromatic rings. The zero-order valence-corrected chi connectivity index (χ0v) is 19.6. The molecule has 0 bridgehead atoms. The number of aromatic nitrogens is 2. The van der Waals surface area contributed by atoms with Gasteiger partial charge in [0.2, 0.25) is 5.91 Å². The summed E-state index contributed by atoms with van der Waals surface area (Å²) >= 11 is 0. The molecule has 1 heterocycles. The van der Waals surface area contributed by atoms with Gasteiger partial charge in [-0.25, -0.2) is 17.6 Å². The average molecular weight is 495 g/mol. The molecular weight excluding hydrogens is 465 g/mol. The molecule has 1 fully saturated rings. The van der Waals surface area contributed by atoms with E-state index in [1.807, 2.05) is 0 Å². The number of halogens is 5. The van der Waals surface area contributed by atoms with E-state index >= 15 is 0 Å². The van der Waals surface area contributed by atoms with Crippen molar-refractivity contribution in [3.05, 3.63) is 17.2 Å². The normalized spacial score (nSPS) is 15.1. The Bertz CT molecular complexity index is 964. The van der Waals surface area contributed by atoms with Crippen molar-refractivity contribution in [1.29, 1.82) is 0 Å². The number of nitrogens with one attached hydrogen (secondary N) is 1. The van der Waals surface area contributed by atoms with Gasteiger partial charge in [0.05, 0.1) is 6.04 Å². The summed E-state index contributed by atoms with van der Waals surface area (Å²) in [4.78, 5) is 17.6. The van der Waals surface area contributed by atoms with Crippen molar-refractivity contribution in [2.45, 2.75) is 71.4 Å². The molecule has 1 atom stereocenters. The average Bonchev–Trinajstić information content (AvgIpc) is 3.09. The highest BCUT2D eigenvalue weighted by Gasteiger charge is 2.26. The van der Waals surface area contributed by atoms with Crippen molar-refractivity contribution in [2.24, 2.45) is 7.05 Å². The van der Waals surface area contributed by atoms with Gasteiger partial charge in [-0.3, -0.25) is 9.36 Å². The largest absolute Gasteiger partial charge is 0.484 e. The fraction of sp³-hybridized carbons (Fsp3) is 0.636. The number of imidazole rings is 1. The second kappa shape index (κ2) is 12.7. The van der Waals surface area contributed by atoms with Crippen LogP contribution in [0.25, 0.3) is 11.0 Å². The molecule has 7 nitrogen and oxygen atoms in total. The van der Waals surface area contributed by atoms with Gasteiger partial charge in [0, 0.05) is 19.5 Å². The molecule has 34 heavy (non-hydrogen) atoms. The van der Waals surface area contributed by atoms with Gasteiger partial charge >= 0.3 is 0 Å². The second-order valence-electron chi connectivity index (χ2n) is 8.19. The quantitative estimate of drug-likeness (QED) is 0.526. The standard InChI is InChI=1S/C17H20F4N2O2.C5H10FNO2/c1-9-12(20)14-15(13(21)16(9)24-8-11(18)19)23(2)17(22-14)25-10-6-4-3-5-7-10;1-4(3-9-6)7-5(2)8/h10-11H,3-8H2,1-2H3;4H,3H2,1-2H3,(H,7,8). The number of carbonyl (C=O) groups is 1. The summed E-state index contributed by atoms with van der Waals surface area (Å²) in [5, 5.41) is 2.44. The van der Waals surface area contributed by atoms with Crippen LogP contribution in [0.1, 0.15) is 51.5 Å². The number of fused-ring (bicyclic) bond motifs is 1. The predicted octanol–water partition coefficient (Wildman–Crippen LogP) is 4.93. The molecule has 0 spiro atoms. The first-order chi connectivity index (χ1) is 16.1. The second-order valence-corrected chi connectivity index (χ2v) is 8.19. The van der Waals surface area contributed by atoms with Gasteiger partial charge in [0.1, 0.15) is 30.4 Å². The Balaban J connectivity index is 0.000000387. The van der Waals surface area contributed by atoms with Crippen molar-refractivity contribution >= 4 is 16.9 Å². The highest BCUT2D eigenvalue weighted by atomic mass is 19.3. The van der Waals surface area contributed by atoms with E-state index in [1.165, 1.54) is 25.5 Å². The summed E-state index contributed by atoms with van der Waals surface area (Å²) in [7, 11) is 1.50. The van der Waals surface area contributed by atoms with Crippen LogP contribution in [0.5, 0.6) is 11.8 Å². The van der Waals surface area contributed by atoms with Gasteiger partial charge < -0.3 is 14.8 Å². The fourth-order valence-corrected chi connectivity index (χ4v) is 3.67. The van der Waals surface area contributed by atoms with Gasteiger partial charge in [-0.1, -0.05) is 6.42 Å². The number of carbonyl (C=O) groups excluding carboxylic acids is 1. The van der Waals surface area contributed by atoms with Crippen molar-refractivity contribution in [3.63, 3.8) is 0 Å². The number of rotatable bonds is 8. The molecule has 1 aromatic heterocycles. The summed E-state index contributed by atoms with van der Waals surface area (Å²) in [5.41, 5.74) is -0.529. The molecule has 12 heteroatoms. The van der Waals surface area contributed by atoms with E-state index in [-0.39, 0.29) is 47.3 Å². The minimum absolute atomic E-state index is 0.0361. The first kappa shape index (κ1) is 27.6. The molecule has 0 aliphatic heterocycles. The number of amides is 1. The van der Waals surface area contributed by atoms with Crippen LogP contribution in [-0.2, 0) is 16.8 Å². The van der Waals surface area contributed by atoms with Gasteiger partial charge in [-0.2, -0.15) is 9.93 Å². The third-order valence-corrected chi connectivity index (χ3v) is 5.28. The lowest BCUT2D eigenvalue weighted by atomic mass is 9.98. The molecule has 0 saturated heterocycles. The van der Waals surface area contributed by atoms with Crippen molar-refractivity contribution in [2.75, 3.05) is 13.2 Å². The molecule has 3 rings (SSSR count). The molecule has 1 amide bonds. The molecular formula is C22H30F5N3O4. The highest BCUT2D eigenvalue weighted by molar-refractivity contribution is 5.81. The van der Waals surface area contributed by atoms with E-state index in [9.17, 15) is 26.9 Å². The summed E-state index contributed by atoms with van der Waals surface area (Å²) < 4.78 is 77.0. The van der Waals surface area contributed by atoms with E-state index < -0.39 is 30.4 Å². The highest BCUT2D eigenvalue weighted by Crippen LogP contribution is 2.36. The summed E-state index contributed by atoms with van der Waals surface area (Å²) in [6.07, 6.45) is 2.16. The Hall–Kier alpha value is -2.63. The van der Waals surface area contributed by atoms with E-state index in [1.54, 1.807) is 6.92 Å². The van der Waals surface area contributed by atoms with Crippen LogP contribution in [0.4, 0.5) is 22.1 Å². The van der Waals surface area contributed by atoms with Gasteiger partial charge in [-0.15, -0.1) is 0 Å². The lowest BCUT2D eigenvalue weighted by Crippen LogP contribution is -2.33. The van der Waals surface area contributed by atoms with Crippen LogP contribution in [-0.4, -0.2) is 47.2 Å². The molecule has 1 aliphatic carbocycles. The number of hydrogen-bond acceptors (Lipinski definition) is 5. The number of aryl methyl sites for hydroxylation is 1. The van der Waals surface area contributed by atoms with Gasteiger partial charge in [0.15, 0.2) is 17.4 Å². The minimum Gasteiger partial charge on any atom is -0.484 e. The molecule has 1 N–H and O–H groups in total. The Kier molecular flexibility index (Phi) is 10.3. The molecule has 1 aliphatic rings. The lowest BCUT2D eigenvalue weighted by molar-refractivity contribution is -0.141. The van der Waals surface area contributed by atoms with Crippen LogP contribution in [0.15, 0.2) is 0 Å². The van der Waals surface area contributed by atoms with Crippen LogP contribution in [0.2, 0.25) is 0 Å². The van der Waals surface area contributed by atoms with Crippen molar-refractivity contribution < 1.29 is 41.3 Å². The van der Waals surface area contributed by atoms with E-state index in [2.05, 4.69) is 15.2 Å². The molecule has 192 valence electrons. The maximum absolute atomic E-state index is 14.8. The van der Waals surface area contributed by atoms with Crippen molar-refractivity contribution in [1.82, 2.24) is 14.9 Å². The number of hydrogen-bond donors (Lipinski definition) is 1. The molecule has 1 aromatic carbocycles. The van der Waals surface area contributed by atoms with Crippen LogP contribution < -0.4 is 14.8 Å². The molecule has 1 unspecified atom stereocenters. The van der Waals surface area contributed by atoms with Crippen LogP contribution in [0, 0.1) is 18.6 Å².